The molecular weight excluding hydrogens is 363 g/mol. The van der Waals surface area contributed by atoms with Gasteiger partial charge in [0.25, 0.3) is 5.91 Å². The summed E-state index contributed by atoms with van der Waals surface area (Å²) < 4.78 is 13.8. The van der Waals surface area contributed by atoms with E-state index in [1.165, 1.54) is 36.1 Å². The van der Waals surface area contributed by atoms with Crippen LogP contribution < -0.4 is 10.2 Å². The zero-order chi connectivity index (χ0) is 16.8. The lowest BCUT2D eigenvalue weighted by atomic mass is 10.2. The van der Waals surface area contributed by atoms with Gasteiger partial charge in [-0.3, -0.25) is 9.59 Å². The van der Waals surface area contributed by atoms with Crippen LogP contribution >= 0.6 is 15.9 Å². The molecule has 0 saturated heterocycles. The Labute approximate surface area is 142 Å². The average Bonchev–Trinajstić information content (AvgIpc) is 2.52. The lowest BCUT2D eigenvalue weighted by Gasteiger charge is -2.21. The van der Waals surface area contributed by atoms with Crippen LogP contribution in [0.15, 0.2) is 53.0 Å². The van der Waals surface area contributed by atoms with E-state index < -0.39 is 0 Å². The number of anilines is 1. The molecule has 2 rings (SSSR count). The topological polar surface area (TPSA) is 49.4 Å². The number of hydrogen-bond donors (Lipinski definition) is 1. The van der Waals surface area contributed by atoms with Crippen LogP contribution in [-0.2, 0) is 4.79 Å². The van der Waals surface area contributed by atoms with Gasteiger partial charge in [-0.25, -0.2) is 4.39 Å². The van der Waals surface area contributed by atoms with E-state index in [0.717, 1.165) is 4.47 Å². The molecule has 0 saturated carbocycles. The standard InChI is InChI=1S/C17H16BrFN2O2/c1-12(22)21(16-7-5-15(19)6-8-16)10-9-20-17(23)13-3-2-4-14(18)11-13/h2-8,11H,9-10H2,1H3,(H,20,23). The highest BCUT2D eigenvalue weighted by molar-refractivity contribution is 9.10. The fourth-order valence-corrected chi connectivity index (χ4v) is 2.50. The number of hydrogen-bond acceptors (Lipinski definition) is 2. The summed E-state index contributed by atoms with van der Waals surface area (Å²) in [5.41, 5.74) is 1.13. The van der Waals surface area contributed by atoms with E-state index in [1.807, 2.05) is 6.07 Å². The Hall–Kier alpha value is -2.21. The smallest absolute Gasteiger partial charge is 0.251 e. The van der Waals surface area contributed by atoms with Crippen molar-refractivity contribution in [1.29, 1.82) is 0 Å². The minimum Gasteiger partial charge on any atom is -0.350 e. The monoisotopic (exact) mass is 378 g/mol. The van der Waals surface area contributed by atoms with Crippen LogP contribution in [0.5, 0.6) is 0 Å². The average molecular weight is 379 g/mol. The molecule has 2 aromatic carbocycles. The van der Waals surface area contributed by atoms with Crippen molar-refractivity contribution in [2.75, 3.05) is 18.0 Å². The molecule has 1 N–H and O–H groups in total. The fraction of sp³-hybridized carbons (Fsp3) is 0.176. The first-order chi connectivity index (χ1) is 11.0. The molecule has 0 aromatic heterocycles. The third-order valence-electron chi connectivity index (χ3n) is 3.23. The molecule has 0 bridgehead atoms. The lowest BCUT2D eigenvalue weighted by Crippen LogP contribution is -2.37. The van der Waals surface area contributed by atoms with Crippen LogP contribution in [0.25, 0.3) is 0 Å². The third-order valence-corrected chi connectivity index (χ3v) is 3.72. The van der Waals surface area contributed by atoms with Gasteiger partial charge >= 0.3 is 0 Å². The summed E-state index contributed by atoms with van der Waals surface area (Å²) >= 11 is 3.31. The SMILES string of the molecule is CC(=O)N(CCNC(=O)c1cccc(Br)c1)c1ccc(F)cc1. The number of nitrogens with zero attached hydrogens (tertiary/aromatic N) is 1. The van der Waals surface area contributed by atoms with E-state index in [1.54, 1.807) is 18.2 Å². The Kier molecular flexibility index (Phi) is 5.87. The van der Waals surface area contributed by atoms with Crippen molar-refractivity contribution in [2.24, 2.45) is 0 Å². The van der Waals surface area contributed by atoms with Gasteiger partial charge in [0.05, 0.1) is 0 Å². The largest absolute Gasteiger partial charge is 0.350 e. The number of nitrogens with one attached hydrogen (secondary N) is 1. The van der Waals surface area contributed by atoms with Gasteiger partial charge in [-0.15, -0.1) is 0 Å². The summed E-state index contributed by atoms with van der Waals surface area (Å²) in [5.74, 6) is -0.748. The van der Waals surface area contributed by atoms with Crippen molar-refractivity contribution in [1.82, 2.24) is 5.32 Å². The highest BCUT2D eigenvalue weighted by Crippen LogP contribution is 2.15. The van der Waals surface area contributed by atoms with Crippen molar-refractivity contribution in [3.63, 3.8) is 0 Å². The quantitative estimate of drug-likeness (QED) is 0.866. The number of rotatable bonds is 5. The molecule has 0 aliphatic rings. The molecule has 4 nitrogen and oxygen atoms in total. The van der Waals surface area contributed by atoms with E-state index in [-0.39, 0.29) is 17.6 Å². The second-order valence-corrected chi connectivity index (χ2v) is 5.83. The van der Waals surface area contributed by atoms with Crippen molar-refractivity contribution in [3.05, 3.63) is 64.4 Å². The molecule has 0 aliphatic carbocycles. The first-order valence-electron chi connectivity index (χ1n) is 7.05. The maximum Gasteiger partial charge on any atom is 0.251 e. The fourth-order valence-electron chi connectivity index (χ4n) is 2.10. The predicted octanol–water partition coefficient (Wildman–Crippen LogP) is 3.37. The highest BCUT2D eigenvalue weighted by atomic mass is 79.9. The molecule has 6 heteroatoms. The first kappa shape index (κ1) is 17.1. The lowest BCUT2D eigenvalue weighted by molar-refractivity contribution is -0.116. The minimum atomic E-state index is -0.361. The van der Waals surface area contributed by atoms with Crippen molar-refractivity contribution < 1.29 is 14.0 Å². The molecule has 2 amide bonds. The van der Waals surface area contributed by atoms with Crippen LogP contribution in [0, 0.1) is 5.82 Å². The normalized spacial score (nSPS) is 10.2. The Morgan fingerprint density at radius 2 is 1.87 bits per heavy atom. The minimum absolute atomic E-state index is 0.173. The van der Waals surface area contributed by atoms with Crippen molar-refractivity contribution >= 4 is 33.4 Å². The van der Waals surface area contributed by atoms with Gasteiger partial charge in [-0.1, -0.05) is 22.0 Å². The maximum absolute atomic E-state index is 13.0. The summed E-state index contributed by atoms with van der Waals surface area (Å²) in [5, 5.41) is 2.76. The Morgan fingerprint density at radius 1 is 1.17 bits per heavy atom. The van der Waals surface area contributed by atoms with E-state index >= 15 is 0 Å². The van der Waals surface area contributed by atoms with Gasteiger partial charge in [0, 0.05) is 35.7 Å². The molecule has 120 valence electrons. The highest BCUT2D eigenvalue weighted by Gasteiger charge is 2.12. The molecule has 0 radical (unpaired) electrons. The summed E-state index contributed by atoms with van der Waals surface area (Å²) in [6, 6.07) is 12.7. The summed E-state index contributed by atoms with van der Waals surface area (Å²) in [6.45, 7) is 2.03. The van der Waals surface area contributed by atoms with Gasteiger partial charge in [0.15, 0.2) is 0 Å². The zero-order valence-electron chi connectivity index (χ0n) is 12.6. The van der Waals surface area contributed by atoms with E-state index in [4.69, 9.17) is 0 Å². The second kappa shape index (κ2) is 7.87. The maximum atomic E-state index is 13.0. The van der Waals surface area contributed by atoms with Crippen LogP contribution in [-0.4, -0.2) is 24.9 Å². The molecule has 0 unspecified atom stereocenters. The van der Waals surface area contributed by atoms with Gasteiger partial charge in [0.2, 0.25) is 5.91 Å². The number of carbonyl (C=O) groups excluding carboxylic acids is 2. The Balaban J connectivity index is 1.96. The van der Waals surface area contributed by atoms with Crippen LogP contribution in [0.2, 0.25) is 0 Å². The second-order valence-electron chi connectivity index (χ2n) is 4.91. The van der Waals surface area contributed by atoms with Gasteiger partial charge in [-0.2, -0.15) is 0 Å². The number of amides is 2. The first-order valence-corrected chi connectivity index (χ1v) is 7.84. The van der Waals surface area contributed by atoms with Crippen LogP contribution in [0.4, 0.5) is 10.1 Å². The molecule has 0 aliphatic heterocycles. The third kappa shape index (κ3) is 4.89. The van der Waals surface area contributed by atoms with Gasteiger partial charge < -0.3 is 10.2 Å². The summed E-state index contributed by atoms with van der Waals surface area (Å²) in [4.78, 5) is 25.3. The van der Waals surface area contributed by atoms with Crippen LogP contribution in [0.3, 0.4) is 0 Å². The molecule has 23 heavy (non-hydrogen) atoms. The summed E-state index contributed by atoms with van der Waals surface area (Å²) in [6.07, 6.45) is 0. The Morgan fingerprint density at radius 3 is 2.48 bits per heavy atom. The molecular formula is C17H16BrFN2O2. The number of halogens is 2. The van der Waals surface area contributed by atoms with Gasteiger partial charge in [0.1, 0.15) is 5.82 Å². The van der Waals surface area contributed by atoms with Crippen molar-refractivity contribution in [3.8, 4) is 0 Å². The van der Waals surface area contributed by atoms with Gasteiger partial charge in [-0.05, 0) is 42.5 Å². The zero-order valence-corrected chi connectivity index (χ0v) is 14.1. The van der Waals surface area contributed by atoms with E-state index in [9.17, 15) is 14.0 Å². The molecule has 0 spiro atoms. The number of carbonyl (C=O) groups is 2. The van der Waals surface area contributed by atoms with Crippen molar-refractivity contribution in [2.45, 2.75) is 6.92 Å². The molecule has 0 atom stereocenters. The van der Waals surface area contributed by atoms with Crippen LogP contribution in [0.1, 0.15) is 17.3 Å². The molecule has 0 fully saturated rings. The summed E-state index contributed by atoms with van der Waals surface area (Å²) in [7, 11) is 0. The predicted molar refractivity (Wildman–Crippen MR) is 90.9 cm³/mol. The van der Waals surface area contributed by atoms with E-state index in [2.05, 4.69) is 21.2 Å². The van der Waals surface area contributed by atoms with E-state index in [0.29, 0.717) is 24.3 Å². The Bertz CT molecular complexity index is 704. The molecule has 2 aromatic rings. The molecule has 0 heterocycles. The number of benzene rings is 2.